The Kier molecular flexibility index (Phi) is 5.36. The largest absolute Gasteiger partial charge is 0.497 e. The van der Waals surface area contributed by atoms with Gasteiger partial charge in [0.15, 0.2) is 0 Å². The highest BCUT2D eigenvalue weighted by Gasteiger charge is 2.16. The number of carbonyl (C=O) groups is 1. The van der Waals surface area contributed by atoms with Crippen LogP contribution in [0.2, 0.25) is 0 Å². The van der Waals surface area contributed by atoms with E-state index in [1.165, 1.54) is 30.0 Å². The predicted molar refractivity (Wildman–Crippen MR) is 112 cm³/mol. The number of rotatable bonds is 6. The molecule has 0 saturated heterocycles. The van der Waals surface area contributed by atoms with Crippen LogP contribution in [0.3, 0.4) is 0 Å². The molecule has 0 amide bonds. The zero-order valence-corrected chi connectivity index (χ0v) is 16.3. The number of hydrogen-bond donors (Lipinski definition) is 2. The second-order valence-corrected chi connectivity index (χ2v) is 6.66. The van der Waals surface area contributed by atoms with Crippen molar-refractivity contribution in [2.75, 3.05) is 12.4 Å². The van der Waals surface area contributed by atoms with Gasteiger partial charge in [-0.15, -0.1) is 0 Å². The van der Waals surface area contributed by atoms with Crippen molar-refractivity contribution in [3.8, 4) is 22.7 Å². The van der Waals surface area contributed by atoms with Gasteiger partial charge in [-0.05, 0) is 54.6 Å². The van der Waals surface area contributed by atoms with Crippen molar-refractivity contribution in [1.29, 1.82) is 0 Å². The van der Waals surface area contributed by atoms with E-state index in [-0.39, 0.29) is 17.1 Å². The van der Waals surface area contributed by atoms with Gasteiger partial charge in [-0.25, -0.2) is 18.3 Å². The highest BCUT2D eigenvalue weighted by Crippen LogP contribution is 2.30. The van der Waals surface area contributed by atoms with Gasteiger partial charge in [-0.2, -0.15) is 5.10 Å². The molecule has 0 fully saturated rings. The van der Waals surface area contributed by atoms with E-state index in [4.69, 9.17) is 4.74 Å². The van der Waals surface area contributed by atoms with Gasteiger partial charge >= 0.3 is 5.97 Å². The van der Waals surface area contributed by atoms with E-state index < -0.39 is 11.8 Å². The van der Waals surface area contributed by atoms with Crippen LogP contribution in [0.15, 0.2) is 72.8 Å². The number of aromatic nitrogens is 2. The van der Waals surface area contributed by atoms with Crippen molar-refractivity contribution in [2.24, 2.45) is 0 Å². The fourth-order valence-electron chi connectivity index (χ4n) is 3.12. The number of anilines is 2. The fourth-order valence-corrected chi connectivity index (χ4v) is 3.12. The van der Waals surface area contributed by atoms with E-state index in [2.05, 4.69) is 10.4 Å². The molecule has 0 atom stereocenters. The van der Waals surface area contributed by atoms with E-state index in [1.54, 1.807) is 42.5 Å². The lowest BCUT2D eigenvalue weighted by Crippen LogP contribution is -2.07. The highest BCUT2D eigenvalue weighted by molar-refractivity contribution is 5.95. The fraction of sp³-hybridized carbons (Fsp3) is 0.0435. The lowest BCUT2D eigenvalue weighted by atomic mass is 10.1. The number of ether oxygens (including phenoxy) is 1. The second-order valence-electron chi connectivity index (χ2n) is 6.66. The summed E-state index contributed by atoms with van der Waals surface area (Å²) >= 11 is 0. The Labute approximate surface area is 176 Å². The summed E-state index contributed by atoms with van der Waals surface area (Å²) in [6.07, 6.45) is 0. The summed E-state index contributed by atoms with van der Waals surface area (Å²) in [6.45, 7) is 0. The van der Waals surface area contributed by atoms with Crippen LogP contribution in [0.5, 0.6) is 5.75 Å². The quantitative estimate of drug-likeness (QED) is 0.444. The maximum absolute atomic E-state index is 13.8. The monoisotopic (exact) mass is 421 g/mol. The molecule has 4 rings (SSSR count). The minimum atomic E-state index is -1.20. The summed E-state index contributed by atoms with van der Waals surface area (Å²) in [5.41, 5.74) is 1.77. The molecule has 0 radical (unpaired) electrons. The Morgan fingerprint density at radius 2 is 1.74 bits per heavy atom. The normalized spacial score (nSPS) is 10.7. The molecule has 8 heteroatoms. The zero-order chi connectivity index (χ0) is 22.0. The number of aromatic carboxylic acids is 1. The van der Waals surface area contributed by atoms with E-state index in [9.17, 15) is 18.7 Å². The molecular formula is C23H17F2N3O3. The van der Waals surface area contributed by atoms with Crippen LogP contribution in [-0.4, -0.2) is 28.0 Å². The molecule has 0 bridgehead atoms. The van der Waals surface area contributed by atoms with Gasteiger partial charge in [-0.1, -0.05) is 6.07 Å². The number of carboxylic acids is 1. The third-order valence-electron chi connectivity index (χ3n) is 4.62. The van der Waals surface area contributed by atoms with E-state index in [1.807, 2.05) is 0 Å². The van der Waals surface area contributed by atoms with Crippen LogP contribution >= 0.6 is 0 Å². The van der Waals surface area contributed by atoms with Crippen molar-refractivity contribution >= 4 is 17.5 Å². The first kappa shape index (κ1) is 20.1. The first-order valence-electron chi connectivity index (χ1n) is 9.25. The Balaban J connectivity index is 1.85. The predicted octanol–water partition coefficient (Wildman–Crippen LogP) is 5.27. The van der Waals surface area contributed by atoms with Gasteiger partial charge in [0, 0.05) is 17.7 Å². The Morgan fingerprint density at radius 1 is 1.00 bits per heavy atom. The van der Waals surface area contributed by atoms with Crippen molar-refractivity contribution in [3.05, 3.63) is 90.0 Å². The van der Waals surface area contributed by atoms with Crippen molar-refractivity contribution in [2.45, 2.75) is 0 Å². The molecule has 31 heavy (non-hydrogen) atoms. The van der Waals surface area contributed by atoms with E-state index >= 15 is 0 Å². The molecule has 156 valence electrons. The van der Waals surface area contributed by atoms with Crippen molar-refractivity contribution in [3.63, 3.8) is 0 Å². The lowest BCUT2D eigenvalue weighted by molar-refractivity contribution is 0.0698. The number of nitrogens with one attached hydrogen (secondary N) is 1. The van der Waals surface area contributed by atoms with Crippen LogP contribution in [0.1, 0.15) is 10.4 Å². The summed E-state index contributed by atoms with van der Waals surface area (Å²) in [4.78, 5) is 11.6. The van der Waals surface area contributed by atoms with E-state index in [0.717, 1.165) is 12.1 Å². The molecule has 0 aliphatic heterocycles. The number of benzene rings is 3. The minimum absolute atomic E-state index is 0.0715. The molecule has 3 aromatic carbocycles. The van der Waals surface area contributed by atoms with Crippen molar-refractivity contribution in [1.82, 2.24) is 9.78 Å². The molecule has 1 heterocycles. The van der Waals surface area contributed by atoms with Crippen LogP contribution in [0.4, 0.5) is 20.3 Å². The zero-order valence-electron chi connectivity index (χ0n) is 16.3. The lowest BCUT2D eigenvalue weighted by Gasteiger charge is -2.12. The van der Waals surface area contributed by atoms with Gasteiger partial charge in [0.25, 0.3) is 0 Å². The molecular weight excluding hydrogens is 404 g/mol. The second kappa shape index (κ2) is 8.27. The summed E-state index contributed by atoms with van der Waals surface area (Å²) in [7, 11) is 1.54. The Hall–Kier alpha value is -4.20. The SMILES string of the molecule is COc1cccc(-n2nc(-c3ccc(F)cc3)cc2Nc2cc(F)ccc2C(=O)O)c1. The molecule has 0 saturated carbocycles. The topological polar surface area (TPSA) is 76.4 Å². The van der Waals surface area contributed by atoms with Gasteiger partial charge in [0.2, 0.25) is 0 Å². The number of nitrogens with zero attached hydrogens (tertiary/aromatic N) is 2. The summed E-state index contributed by atoms with van der Waals surface area (Å²) in [5.74, 6) is -1.17. The number of halogens is 2. The molecule has 4 aromatic rings. The van der Waals surface area contributed by atoms with Crippen LogP contribution in [-0.2, 0) is 0 Å². The molecule has 0 spiro atoms. The van der Waals surface area contributed by atoms with Gasteiger partial charge < -0.3 is 15.2 Å². The average molecular weight is 421 g/mol. The molecule has 0 unspecified atom stereocenters. The third kappa shape index (κ3) is 4.23. The van der Waals surface area contributed by atoms with Crippen LogP contribution in [0.25, 0.3) is 16.9 Å². The van der Waals surface area contributed by atoms with Gasteiger partial charge in [0.05, 0.1) is 29.7 Å². The smallest absolute Gasteiger partial charge is 0.337 e. The molecule has 2 N–H and O–H groups in total. The summed E-state index contributed by atoms with van der Waals surface area (Å²) in [6, 6.07) is 17.9. The molecule has 1 aromatic heterocycles. The first-order chi connectivity index (χ1) is 14.9. The maximum atomic E-state index is 13.8. The molecule has 6 nitrogen and oxygen atoms in total. The maximum Gasteiger partial charge on any atom is 0.337 e. The van der Waals surface area contributed by atoms with Crippen molar-refractivity contribution < 1.29 is 23.4 Å². The molecule has 0 aliphatic rings. The number of methoxy groups -OCH3 is 1. The van der Waals surface area contributed by atoms with Crippen LogP contribution < -0.4 is 10.1 Å². The Morgan fingerprint density at radius 3 is 2.45 bits per heavy atom. The van der Waals surface area contributed by atoms with Crippen LogP contribution in [0, 0.1) is 11.6 Å². The standard InChI is InChI=1S/C23H17F2N3O3/c1-31-18-4-2-3-17(12-18)28-22(13-20(27-28)14-5-7-15(24)8-6-14)26-21-11-16(25)9-10-19(21)23(29)30/h2-13,26H,1H3,(H,29,30). The minimum Gasteiger partial charge on any atom is -0.497 e. The number of hydrogen-bond acceptors (Lipinski definition) is 4. The van der Waals surface area contributed by atoms with Gasteiger partial charge in [-0.3, -0.25) is 0 Å². The molecule has 0 aliphatic carbocycles. The van der Waals surface area contributed by atoms with Gasteiger partial charge in [0.1, 0.15) is 23.2 Å². The highest BCUT2D eigenvalue weighted by atomic mass is 19.1. The Bertz CT molecular complexity index is 1250. The van der Waals surface area contributed by atoms with E-state index in [0.29, 0.717) is 28.5 Å². The summed E-state index contributed by atoms with van der Waals surface area (Å²) < 4.78 is 34.0. The number of carboxylic acid groups (broad SMARTS) is 1. The summed E-state index contributed by atoms with van der Waals surface area (Å²) in [5, 5.41) is 17.0. The first-order valence-corrected chi connectivity index (χ1v) is 9.25. The third-order valence-corrected chi connectivity index (χ3v) is 4.62. The average Bonchev–Trinajstić information content (AvgIpc) is 3.18.